The zero-order valence-corrected chi connectivity index (χ0v) is 19.4. The minimum Gasteiger partial charge on any atom is -0.342 e. The maximum Gasteiger partial charge on any atom is 0.255 e. The molecule has 1 atom stereocenters. The molecule has 3 amide bonds. The third kappa shape index (κ3) is 5.75. The van der Waals surface area contributed by atoms with Crippen LogP contribution >= 0.6 is 0 Å². The summed E-state index contributed by atoms with van der Waals surface area (Å²) in [6.07, 6.45) is 2.00. The number of likely N-dealkylation sites (tertiary alicyclic amines) is 1. The largest absolute Gasteiger partial charge is 0.342 e. The first-order valence-electron chi connectivity index (χ1n) is 11.3. The number of hydrogen-bond donors (Lipinski definition) is 2. The maximum absolute atomic E-state index is 12.9. The van der Waals surface area contributed by atoms with Gasteiger partial charge in [-0.1, -0.05) is 52.0 Å². The fraction of sp³-hybridized carbons (Fsp3) is 0.423. The monoisotopic (exact) mass is 435 g/mol. The number of nitrogens with zero attached hydrogens (tertiary/aromatic N) is 1. The van der Waals surface area contributed by atoms with Crippen LogP contribution in [0.15, 0.2) is 48.5 Å². The van der Waals surface area contributed by atoms with E-state index in [1.807, 2.05) is 43.3 Å². The Hall–Kier alpha value is -3.15. The van der Waals surface area contributed by atoms with Gasteiger partial charge in [0.25, 0.3) is 5.91 Å². The molecule has 0 saturated carbocycles. The van der Waals surface area contributed by atoms with Gasteiger partial charge in [0.15, 0.2) is 0 Å². The molecule has 1 heterocycles. The van der Waals surface area contributed by atoms with Crippen LogP contribution in [0.25, 0.3) is 0 Å². The van der Waals surface area contributed by atoms with E-state index >= 15 is 0 Å². The van der Waals surface area contributed by atoms with E-state index < -0.39 is 0 Å². The Morgan fingerprint density at radius 2 is 1.59 bits per heavy atom. The third-order valence-corrected chi connectivity index (χ3v) is 5.89. The molecule has 1 aliphatic heterocycles. The summed E-state index contributed by atoms with van der Waals surface area (Å²) in [6, 6.07) is 14.7. The van der Waals surface area contributed by atoms with E-state index in [1.165, 1.54) is 0 Å². The van der Waals surface area contributed by atoms with Crippen molar-refractivity contribution in [3.8, 4) is 0 Å². The van der Waals surface area contributed by atoms with Gasteiger partial charge in [-0.15, -0.1) is 0 Å². The van der Waals surface area contributed by atoms with Gasteiger partial charge >= 0.3 is 0 Å². The second kappa shape index (κ2) is 9.98. The lowest BCUT2D eigenvalue weighted by atomic mass is 9.87. The van der Waals surface area contributed by atoms with Crippen LogP contribution in [0.1, 0.15) is 62.9 Å². The highest BCUT2D eigenvalue weighted by Crippen LogP contribution is 2.26. The predicted molar refractivity (Wildman–Crippen MR) is 128 cm³/mol. The summed E-state index contributed by atoms with van der Waals surface area (Å²) in [4.78, 5) is 39.5. The number of amides is 3. The molecule has 170 valence electrons. The summed E-state index contributed by atoms with van der Waals surface area (Å²) < 4.78 is 0. The van der Waals surface area contributed by atoms with E-state index in [-0.39, 0.29) is 29.1 Å². The summed E-state index contributed by atoms with van der Waals surface area (Å²) >= 11 is 0. The van der Waals surface area contributed by atoms with Crippen LogP contribution in [0.3, 0.4) is 0 Å². The number of rotatable bonds is 5. The molecule has 6 heteroatoms. The summed E-state index contributed by atoms with van der Waals surface area (Å²) in [6.45, 7) is 9.37. The zero-order valence-electron chi connectivity index (χ0n) is 19.4. The van der Waals surface area contributed by atoms with Crippen molar-refractivity contribution < 1.29 is 14.4 Å². The quantitative estimate of drug-likeness (QED) is 0.706. The maximum atomic E-state index is 12.9. The Balaban J connectivity index is 1.68. The van der Waals surface area contributed by atoms with E-state index in [0.717, 1.165) is 18.4 Å². The number of hydrogen-bond acceptors (Lipinski definition) is 3. The van der Waals surface area contributed by atoms with Crippen molar-refractivity contribution in [1.29, 1.82) is 0 Å². The predicted octanol–water partition coefficient (Wildman–Crippen LogP) is 4.82. The Kier molecular flexibility index (Phi) is 7.33. The molecule has 0 bridgehead atoms. The lowest BCUT2D eigenvalue weighted by Crippen LogP contribution is -2.43. The standard InChI is InChI=1S/C26H33N3O3/c1-5-23(30)29-16-8-9-19(17-29)25(32)28-22-11-7-6-10-21(22)27-24(31)18-12-14-20(15-13-18)26(2,3)4/h6-7,10-15,19H,5,8-9,16-17H2,1-4H3,(H,27,31)(H,28,32). The highest BCUT2D eigenvalue weighted by Gasteiger charge is 2.28. The zero-order chi connectivity index (χ0) is 23.3. The van der Waals surface area contributed by atoms with Crippen LogP contribution in [0, 0.1) is 5.92 Å². The van der Waals surface area contributed by atoms with E-state index in [1.54, 1.807) is 17.0 Å². The molecule has 0 aliphatic carbocycles. The van der Waals surface area contributed by atoms with Crippen LogP contribution in [0.5, 0.6) is 0 Å². The average molecular weight is 436 g/mol. The molecule has 1 aliphatic rings. The van der Waals surface area contributed by atoms with Crippen LogP contribution < -0.4 is 10.6 Å². The van der Waals surface area contributed by atoms with E-state index in [9.17, 15) is 14.4 Å². The van der Waals surface area contributed by atoms with E-state index in [2.05, 4.69) is 31.4 Å². The molecule has 6 nitrogen and oxygen atoms in total. The molecular weight excluding hydrogens is 402 g/mol. The molecule has 0 spiro atoms. The van der Waals surface area contributed by atoms with Crippen molar-refractivity contribution in [2.45, 2.75) is 52.4 Å². The average Bonchev–Trinajstić information content (AvgIpc) is 2.79. The van der Waals surface area contributed by atoms with Crippen molar-refractivity contribution in [3.05, 3.63) is 59.7 Å². The number of para-hydroxylation sites is 2. The van der Waals surface area contributed by atoms with Crippen molar-refractivity contribution in [1.82, 2.24) is 4.90 Å². The molecule has 32 heavy (non-hydrogen) atoms. The van der Waals surface area contributed by atoms with Gasteiger partial charge in [-0.05, 0) is 48.1 Å². The molecule has 1 fully saturated rings. The first kappa shape index (κ1) is 23.5. The first-order valence-corrected chi connectivity index (χ1v) is 11.3. The summed E-state index contributed by atoms with van der Waals surface area (Å²) in [5.74, 6) is -0.542. The second-order valence-corrected chi connectivity index (χ2v) is 9.35. The molecule has 2 N–H and O–H groups in total. The van der Waals surface area contributed by atoms with Gasteiger partial charge in [-0.25, -0.2) is 0 Å². The van der Waals surface area contributed by atoms with Crippen LogP contribution in [-0.4, -0.2) is 35.7 Å². The van der Waals surface area contributed by atoms with Gasteiger partial charge in [0, 0.05) is 25.1 Å². The number of carbonyl (C=O) groups is 3. The normalized spacial score (nSPS) is 16.4. The Bertz CT molecular complexity index is 977. The highest BCUT2D eigenvalue weighted by molar-refractivity contribution is 6.07. The number of nitrogens with one attached hydrogen (secondary N) is 2. The van der Waals surface area contributed by atoms with Crippen molar-refractivity contribution in [2.24, 2.45) is 5.92 Å². The second-order valence-electron chi connectivity index (χ2n) is 9.35. The minimum atomic E-state index is -0.257. The van der Waals surface area contributed by atoms with Crippen LogP contribution in [0.4, 0.5) is 11.4 Å². The molecule has 0 radical (unpaired) electrons. The molecular formula is C26H33N3O3. The molecule has 3 rings (SSSR count). The van der Waals surface area contributed by atoms with Gasteiger partial charge in [-0.2, -0.15) is 0 Å². The number of anilines is 2. The Labute approximate surface area is 190 Å². The minimum absolute atomic E-state index is 0.0162. The fourth-order valence-electron chi connectivity index (χ4n) is 3.89. The molecule has 1 saturated heterocycles. The molecule has 2 aromatic carbocycles. The SMILES string of the molecule is CCC(=O)N1CCCC(C(=O)Nc2ccccc2NC(=O)c2ccc(C(C)(C)C)cc2)C1. The smallest absolute Gasteiger partial charge is 0.255 e. The van der Waals surface area contributed by atoms with Crippen molar-refractivity contribution in [2.75, 3.05) is 23.7 Å². The fourth-order valence-corrected chi connectivity index (χ4v) is 3.89. The van der Waals surface area contributed by atoms with E-state index in [4.69, 9.17) is 0 Å². The lowest BCUT2D eigenvalue weighted by molar-refractivity contribution is -0.134. The topological polar surface area (TPSA) is 78.5 Å². The van der Waals surface area contributed by atoms with Crippen molar-refractivity contribution in [3.63, 3.8) is 0 Å². The molecule has 0 aromatic heterocycles. The summed E-state index contributed by atoms with van der Waals surface area (Å²) in [5.41, 5.74) is 2.83. The first-order chi connectivity index (χ1) is 15.2. The number of piperidine rings is 1. The Morgan fingerprint density at radius 3 is 2.19 bits per heavy atom. The van der Waals surface area contributed by atoms with Gasteiger partial charge in [0.2, 0.25) is 11.8 Å². The van der Waals surface area contributed by atoms with Gasteiger partial charge in [0.1, 0.15) is 0 Å². The summed E-state index contributed by atoms with van der Waals surface area (Å²) in [7, 11) is 0. The molecule has 1 unspecified atom stereocenters. The summed E-state index contributed by atoms with van der Waals surface area (Å²) in [5, 5.41) is 5.86. The van der Waals surface area contributed by atoms with E-state index in [0.29, 0.717) is 36.4 Å². The lowest BCUT2D eigenvalue weighted by Gasteiger charge is -2.32. The molecule has 2 aromatic rings. The highest BCUT2D eigenvalue weighted by atomic mass is 16.2. The van der Waals surface area contributed by atoms with Gasteiger partial charge < -0.3 is 15.5 Å². The number of benzene rings is 2. The third-order valence-electron chi connectivity index (χ3n) is 5.89. The van der Waals surface area contributed by atoms with Gasteiger partial charge in [0.05, 0.1) is 17.3 Å². The van der Waals surface area contributed by atoms with Gasteiger partial charge in [-0.3, -0.25) is 14.4 Å². The van der Waals surface area contributed by atoms with Crippen LogP contribution in [-0.2, 0) is 15.0 Å². The van der Waals surface area contributed by atoms with Crippen LogP contribution in [0.2, 0.25) is 0 Å². The van der Waals surface area contributed by atoms with Crippen molar-refractivity contribution >= 4 is 29.1 Å². The Morgan fingerprint density at radius 1 is 0.969 bits per heavy atom. The number of carbonyl (C=O) groups excluding carboxylic acids is 3.